The molecule has 2 aliphatic rings. The molecule has 122 valence electrons. The van der Waals surface area contributed by atoms with Gasteiger partial charge in [-0.25, -0.2) is 0 Å². The molecule has 5 heteroatoms. The van der Waals surface area contributed by atoms with E-state index in [4.69, 9.17) is 12.2 Å². The molecule has 2 aromatic rings. The molecular formula is C19H18N2OS2. The Morgan fingerprint density at radius 2 is 1.83 bits per heavy atom. The van der Waals surface area contributed by atoms with E-state index >= 15 is 0 Å². The monoisotopic (exact) mass is 354 g/mol. The molecule has 24 heavy (non-hydrogen) atoms. The molecule has 3 nitrogen and oxygen atoms in total. The number of carbonyl (C=O) groups excluding carboxylic acids is 1. The first kappa shape index (κ1) is 15.7. The topological polar surface area (TPSA) is 23.6 Å². The summed E-state index contributed by atoms with van der Waals surface area (Å²) in [6, 6.07) is 18.4. The van der Waals surface area contributed by atoms with Crippen LogP contribution in [0.2, 0.25) is 0 Å². The highest BCUT2D eigenvalue weighted by molar-refractivity contribution is 7.99. The maximum absolute atomic E-state index is 12.8. The molecule has 4 rings (SSSR count). The standard InChI is InChI=1S/C19H18N2OS2/c1-13-7-9-14(10-8-13)11-20-17(22)16-12-24-18(21(16)19(20)23)15-5-3-2-4-6-15/h2-10,16,18H,11-12H2,1H3/t16-,18?/m0/s1. The van der Waals surface area contributed by atoms with E-state index in [2.05, 4.69) is 48.2 Å². The van der Waals surface area contributed by atoms with E-state index in [0.29, 0.717) is 11.7 Å². The van der Waals surface area contributed by atoms with Crippen LogP contribution in [0.1, 0.15) is 22.1 Å². The van der Waals surface area contributed by atoms with Crippen LogP contribution in [0.4, 0.5) is 0 Å². The van der Waals surface area contributed by atoms with E-state index in [1.165, 1.54) is 11.1 Å². The van der Waals surface area contributed by atoms with Gasteiger partial charge in [-0.15, -0.1) is 11.8 Å². The maximum Gasteiger partial charge on any atom is 0.252 e. The largest absolute Gasteiger partial charge is 0.320 e. The summed E-state index contributed by atoms with van der Waals surface area (Å²) >= 11 is 7.47. The van der Waals surface area contributed by atoms with Gasteiger partial charge in [0.25, 0.3) is 5.91 Å². The summed E-state index contributed by atoms with van der Waals surface area (Å²) in [6.45, 7) is 2.62. The van der Waals surface area contributed by atoms with Crippen LogP contribution < -0.4 is 0 Å². The Labute approximate surface area is 151 Å². The summed E-state index contributed by atoms with van der Waals surface area (Å²) in [6.07, 6.45) is 0. The van der Waals surface area contributed by atoms with Crippen molar-refractivity contribution in [3.05, 3.63) is 71.3 Å². The van der Waals surface area contributed by atoms with Gasteiger partial charge in [-0.2, -0.15) is 0 Å². The molecule has 0 aliphatic carbocycles. The number of rotatable bonds is 3. The number of thioether (sulfide) groups is 1. The van der Waals surface area contributed by atoms with Crippen LogP contribution in [0.15, 0.2) is 54.6 Å². The smallest absolute Gasteiger partial charge is 0.252 e. The highest BCUT2D eigenvalue weighted by Gasteiger charge is 2.50. The van der Waals surface area contributed by atoms with Crippen molar-refractivity contribution in [1.29, 1.82) is 0 Å². The Morgan fingerprint density at radius 1 is 1.12 bits per heavy atom. The third-order valence-electron chi connectivity index (χ3n) is 4.55. The minimum Gasteiger partial charge on any atom is -0.320 e. The Balaban J connectivity index is 1.58. The average Bonchev–Trinajstić information content (AvgIpc) is 3.14. The number of hydrogen-bond acceptors (Lipinski definition) is 3. The van der Waals surface area contributed by atoms with Crippen molar-refractivity contribution in [3.63, 3.8) is 0 Å². The lowest BCUT2D eigenvalue weighted by atomic mass is 10.1. The maximum atomic E-state index is 12.8. The number of fused-ring (bicyclic) bond motifs is 1. The number of thiocarbonyl (C=S) groups is 1. The first-order chi connectivity index (χ1) is 11.6. The minimum atomic E-state index is -0.127. The highest BCUT2D eigenvalue weighted by atomic mass is 32.2. The van der Waals surface area contributed by atoms with E-state index in [1.807, 2.05) is 18.2 Å². The lowest BCUT2D eigenvalue weighted by molar-refractivity contribution is -0.127. The quantitative estimate of drug-likeness (QED) is 0.784. The molecule has 2 saturated heterocycles. The summed E-state index contributed by atoms with van der Waals surface area (Å²) in [5, 5.41) is 0.792. The van der Waals surface area contributed by atoms with Crippen LogP contribution in [0.25, 0.3) is 0 Å². The zero-order valence-electron chi connectivity index (χ0n) is 13.4. The second-order valence-electron chi connectivity index (χ2n) is 6.21. The first-order valence-corrected chi connectivity index (χ1v) is 9.46. The normalized spacial score (nSPS) is 23.0. The molecule has 0 radical (unpaired) electrons. The van der Waals surface area contributed by atoms with Gasteiger partial charge in [-0.05, 0) is 30.3 Å². The van der Waals surface area contributed by atoms with E-state index in [1.54, 1.807) is 16.7 Å². The third kappa shape index (κ3) is 2.62. The van der Waals surface area contributed by atoms with Crippen LogP contribution in [0.3, 0.4) is 0 Å². The molecule has 0 saturated carbocycles. The van der Waals surface area contributed by atoms with E-state index in [-0.39, 0.29) is 17.3 Å². The lowest BCUT2D eigenvalue weighted by Gasteiger charge is -2.25. The van der Waals surface area contributed by atoms with Gasteiger partial charge in [0.2, 0.25) is 0 Å². The average molecular weight is 355 g/mol. The summed E-state index contributed by atoms with van der Waals surface area (Å²) < 4.78 is 0. The van der Waals surface area contributed by atoms with Gasteiger partial charge in [0.15, 0.2) is 5.11 Å². The van der Waals surface area contributed by atoms with Crippen LogP contribution in [-0.4, -0.2) is 32.6 Å². The fourth-order valence-corrected chi connectivity index (χ4v) is 5.12. The molecule has 2 atom stereocenters. The van der Waals surface area contributed by atoms with Crippen molar-refractivity contribution in [2.24, 2.45) is 0 Å². The van der Waals surface area contributed by atoms with Crippen molar-refractivity contribution in [2.75, 3.05) is 5.75 Å². The van der Waals surface area contributed by atoms with Gasteiger partial charge < -0.3 is 4.90 Å². The fraction of sp³-hybridized carbons (Fsp3) is 0.263. The van der Waals surface area contributed by atoms with Crippen LogP contribution in [0, 0.1) is 6.92 Å². The van der Waals surface area contributed by atoms with Crippen molar-refractivity contribution in [3.8, 4) is 0 Å². The SMILES string of the molecule is Cc1ccc(CN2C(=O)[C@@H]3CSC(c4ccccc4)N3C2=S)cc1. The zero-order valence-corrected chi connectivity index (χ0v) is 15.0. The van der Waals surface area contributed by atoms with Gasteiger partial charge in [0.05, 0.1) is 6.54 Å². The second-order valence-corrected chi connectivity index (χ2v) is 7.69. The summed E-state index contributed by atoms with van der Waals surface area (Å²) in [7, 11) is 0. The zero-order chi connectivity index (χ0) is 16.7. The number of amides is 1. The molecule has 0 aromatic heterocycles. The molecule has 2 fully saturated rings. The van der Waals surface area contributed by atoms with E-state index in [0.717, 1.165) is 11.3 Å². The van der Waals surface area contributed by atoms with Gasteiger partial charge in [-0.3, -0.25) is 9.69 Å². The Bertz CT molecular complexity index is 776. The number of nitrogens with zero attached hydrogens (tertiary/aromatic N) is 2. The number of carbonyl (C=O) groups is 1. The minimum absolute atomic E-state index is 0.127. The summed E-state index contributed by atoms with van der Waals surface area (Å²) in [5.74, 6) is 0.926. The number of benzene rings is 2. The predicted molar refractivity (Wildman–Crippen MR) is 102 cm³/mol. The molecule has 0 spiro atoms. The van der Waals surface area contributed by atoms with Crippen molar-refractivity contribution in [2.45, 2.75) is 24.9 Å². The van der Waals surface area contributed by atoms with E-state index in [9.17, 15) is 4.79 Å². The number of aryl methyl sites for hydroxylation is 1. The van der Waals surface area contributed by atoms with Gasteiger partial charge >= 0.3 is 0 Å². The Kier molecular flexibility index (Phi) is 4.06. The van der Waals surface area contributed by atoms with Crippen molar-refractivity contribution in [1.82, 2.24) is 9.80 Å². The summed E-state index contributed by atoms with van der Waals surface area (Å²) in [4.78, 5) is 16.7. The van der Waals surface area contributed by atoms with Crippen LogP contribution >= 0.6 is 24.0 Å². The van der Waals surface area contributed by atoms with Gasteiger partial charge in [-0.1, -0.05) is 60.2 Å². The van der Waals surface area contributed by atoms with Crippen molar-refractivity contribution < 1.29 is 4.79 Å². The van der Waals surface area contributed by atoms with Crippen LogP contribution in [0.5, 0.6) is 0 Å². The molecular weight excluding hydrogens is 336 g/mol. The lowest BCUT2D eigenvalue weighted by Crippen LogP contribution is -2.33. The molecule has 0 bridgehead atoms. The van der Waals surface area contributed by atoms with Crippen molar-refractivity contribution >= 4 is 35.0 Å². The molecule has 1 unspecified atom stereocenters. The van der Waals surface area contributed by atoms with Gasteiger partial charge in [0.1, 0.15) is 11.4 Å². The second kappa shape index (κ2) is 6.22. The highest BCUT2D eigenvalue weighted by Crippen LogP contribution is 2.45. The molecule has 2 aromatic carbocycles. The molecule has 2 aliphatic heterocycles. The fourth-order valence-electron chi connectivity index (χ4n) is 3.24. The molecule has 0 N–H and O–H groups in total. The Hall–Kier alpha value is -1.85. The van der Waals surface area contributed by atoms with E-state index < -0.39 is 0 Å². The molecule has 2 heterocycles. The first-order valence-electron chi connectivity index (χ1n) is 8.01. The van der Waals surface area contributed by atoms with Gasteiger partial charge in [0, 0.05) is 5.75 Å². The number of hydrogen-bond donors (Lipinski definition) is 0. The third-order valence-corrected chi connectivity index (χ3v) is 6.30. The summed E-state index contributed by atoms with van der Waals surface area (Å²) in [5.41, 5.74) is 3.54. The Morgan fingerprint density at radius 3 is 2.54 bits per heavy atom. The van der Waals surface area contributed by atoms with Crippen LogP contribution in [-0.2, 0) is 11.3 Å². The predicted octanol–water partition coefficient (Wildman–Crippen LogP) is 3.74. The molecule has 1 amide bonds.